The summed E-state index contributed by atoms with van der Waals surface area (Å²) in [4.78, 5) is 30.0. The molecule has 1 unspecified atom stereocenters. The number of nitrogens with one attached hydrogen (secondary N) is 2. The van der Waals surface area contributed by atoms with E-state index in [2.05, 4.69) is 10.6 Å². The number of esters is 1. The van der Waals surface area contributed by atoms with Crippen LogP contribution in [0.15, 0.2) is 77.8 Å². The maximum atomic E-state index is 13.2. The highest BCUT2D eigenvalue weighted by molar-refractivity contribution is 7.92. The van der Waals surface area contributed by atoms with Crippen LogP contribution in [0.1, 0.15) is 27.4 Å². The Morgan fingerprint density at radius 3 is 2.38 bits per heavy atom. The van der Waals surface area contributed by atoms with Crippen LogP contribution in [0.3, 0.4) is 0 Å². The van der Waals surface area contributed by atoms with Crippen LogP contribution in [0.25, 0.3) is 0 Å². The average Bonchev–Trinajstić information content (AvgIpc) is 3.22. The Balaban J connectivity index is 1.75. The van der Waals surface area contributed by atoms with E-state index in [1.165, 1.54) is 17.7 Å². The minimum Gasteiger partial charge on any atom is -0.465 e. The summed E-state index contributed by atoms with van der Waals surface area (Å²) in [6.07, 6.45) is 1.17. The van der Waals surface area contributed by atoms with Crippen molar-refractivity contribution >= 4 is 44.7 Å². The molecule has 0 bridgehead atoms. The third-order valence-corrected chi connectivity index (χ3v) is 7.19. The Kier molecular flexibility index (Phi) is 7.70. The van der Waals surface area contributed by atoms with Crippen LogP contribution < -0.4 is 14.9 Å². The summed E-state index contributed by atoms with van der Waals surface area (Å²) in [5.74, 6) is -1.45. The maximum absolute atomic E-state index is 13.2. The second-order valence-corrected chi connectivity index (χ2v) is 10.4. The molecule has 0 fully saturated rings. The predicted octanol–water partition coefficient (Wildman–Crippen LogP) is 3.32. The molecule has 0 aromatic heterocycles. The third kappa shape index (κ3) is 5.71. The van der Waals surface area contributed by atoms with Crippen LogP contribution in [-0.2, 0) is 19.6 Å². The second kappa shape index (κ2) is 10.9. The van der Waals surface area contributed by atoms with E-state index in [4.69, 9.17) is 9.73 Å². The van der Waals surface area contributed by atoms with Gasteiger partial charge in [-0.1, -0.05) is 36.4 Å². The van der Waals surface area contributed by atoms with Gasteiger partial charge in [0.15, 0.2) is 0 Å². The van der Waals surface area contributed by atoms with Crippen molar-refractivity contribution in [3.8, 4) is 0 Å². The highest BCUT2D eigenvalue weighted by Gasteiger charge is 2.36. The molecule has 9 nitrogen and oxygen atoms in total. The highest BCUT2D eigenvalue weighted by Crippen LogP contribution is 2.37. The normalized spacial score (nSPS) is 15.2. The smallest absolute Gasteiger partial charge is 0.337 e. The molecule has 192 valence electrons. The van der Waals surface area contributed by atoms with E-state index >= 15 is 0 Å². The van der Waals surface area contributed by atoms with Crippen molar-refractivity contribution in [3.63, 3.8) is 0 Å². The number of ether oxygens (including phenoxy) is 1. The minimum atomic E-state index is -3.46. The van der Waals surface area contributed by atoms with E-state index in [-0.39, 0.29) is 5.91 Å². The largest absolute Gasteiger partial charge is 0.465 e. The zero-order chi connectivity index (χ0) is 26.6. The summed E-state index contributed by atoms with van der Waals surface area (Å²) < 4.78 is 30.7. The molecule has 2 N–H and O–H groups in total. The molecule has 0 saturated carbocycles. The molecule has 3 aromatic carbocycles. The molecule has 1 heterocycles. The van der Waals surface area contributed by atoms with E-state index in [0.29, 0.717) is 47.0 Å². The van der Waals surface area contributed by atoms with Gasteiger partial charge in [0.25, 0.3) is 0 Å². The van der Waals surface area contributed by atoms with Crippen LogP contribution in [0.4, 0.5) is 17.1 Å². The summed E-state index contributed by atoms with van der Waals surface area (Å²) in [6, 6.07) is 21.2. The van der Waals surface area contributed by atoms with E-state index in [0.717, 1.165) is 5.56 Å². The average molecular weight is 521 g/mol. The van der Waals surface area contributed by atoms with Gasteiger partial charge in [-0.25, -0.2) is 13.2 Å². The van der Waals surface area contributed by atoms with Gasteiger partial charge in [0.1, 0.15) is 5.92 Å². The number of carbonyl (C=O) groups excluding carboxylic acids is 2. The van der Waals surface area contributed by atoms with Crippen LogP contribution in [0.2, 0.25) is 0 Å². The Labute approximate surface area is 216 Å². The third-order valence-electron chi connectivity index (χ3n) is 6.00. The molecular formula is C27H28N4O5S. The molecule has 1 aliphatic rings. The molecule has 10 heteroatoms. The first-order chi connectivity index (χ1) is 17.7. The summed E-state index contributed by atoms with van der Waals surface area (Å²) in [5.41, 5.74) is 3.96. The lowest BCUT2D eigenvalue weighted by atomic mass is 9.90. The number of hydrogen-bond acceptors (Lipinski definition) is 7. The maximum Gasteiger partial charge on any atom is 0.337 e. The number of carbonyl (C=O) groups is 2. The van der Waals surface area contributed by atoms with Gasteiger partial charge in [-0.3, -0.25) is 14.1 Å². The predicted molar refractivity (Wildman–Crippen MR) is 144 cm³/mol. The van der Waals surface area contributed by atoms with Gasteiger partial charge in [-0.2, -0.15) is 0 Å². The monoisotopic (exact) mass is 520 g/mol. The topological polar surface area (TPSA) is 117 Å². The number of methoxy groups -OCH3 is 1. The first-order valence-corrected chi connectivity index (χ1v) is 13.5. The van der Waals surface area contributed by atoms with Crippen molar-refractivity contribution in [1.29, 1.82) is 0 Å². The van der Waals surface area contributed by atoms with Crippen LogP contribution in [-0.4, -0.2) is 59.5 Å². The zero-order valence-electron chi connectivity index (χ0n) is 20.8. The molecule has 0 saturated heterocycles. The van der Waals surface area contributed by atoms with Gasteiger partial charge in [0.2, 0.25) is 15.9 Å². The quantitative estimate of drug-likeness (QED) is 0.330. The molecule has 1 aliphatic heterocycles. The molecule has 0 spiro atoms. The molecule has 4 rings (SSSR count). The number of nitrogens with zero attached hydrogens (tertiary/aromatic N) is 2. The first kappa shape index (κ1) is 26.1. The number of sulfonamides is 1. The lowest BCUT2D eigenvalue weighted by Gasteiger charge is -2.22. The van der Waals surface area contributed by atoms with Gasteiger partial charge in [-0.15, -0.1) is 0 Å². The van der Waals surface area contributed by atoms with Gasteiger partial charge >= 0.3 is 5.97 Å². The van der Waals surface area contributed by atoms with Gasteiger partial charge < -0.3 is 15.4 Å². The number of benzene rings is 3. The zero-order valence-corrected chi connectivity index (χ0v) is 21.6. The first-order valence-electron chi connectivity index (χ1n) is 11.6. The number of aliphatic imine (C=N–C) groups is 1. The number of rotatable bonds is 9. The van der Waals surface area contributed by atoms with E-state index < -0.39 is 21.9 Å². The van der Waals surface area contributed by atoms with Crippen LogP contribution in [0.5, 0.6) is 0 Å². The molecule has 1 amide bonds. The number of likely N-dealkylation sites (N-methyl/N-ethyl adjacent to an activating group) is 1. The van der Waals surface area contributed by atoms with Crippen molar-refractivity contribution in [2.75, 3.05) is 43.1 Å². The summed E-state index contributed by atoms with van der Waals surface area (Å²) in [6.45, 7) is 0.791. The fourth-order valence-electron chi connectivity index (χ4n) is 4.22. The molecule has 0 aliphatic carbocycles. The van der Waals surface area contributed by atoms with Crippen LogP contribution >= 0.6 is 0 Å². The van der Waals surface area contributed by atoms with Crippen molar-refractivity contribution in [2.45, 2.75) is 5.92 Å². The molecule has 1 atom stereocenters. The van der Waals surface area contributed by atoms with Gasteiger partial charge in [-0.05, 0) is 54.6 Å². The van der Waals surface area contributed by atoms with E-state index in [1.54, 1.807) is 49.5 Å². The Bertz CT molecular complexity index is 1440. The highest BCUT2D eigenvalue weighted by atomic mass is 32.2. The molecule has 0 radical (unpaired) electrons. The van der Waals surface area contributed by atoms with Crippen molar-refractivity contribution < 1.29 is 22.7 Å². The Hall–Kier alpha value is -4.02. The standard InChI is InChI=1S/C27H28N4O5S/c1-28-15-16-31(37(3,34)35)21-12-10-20(11-13-21)29-25(18-7-5-4-6-8-18)24-22-14-9-19(27(33)36-2)17-23(22)30-26(24)32/h4-14,17,24,28H,15-16H2,1-3H3,(H,30,32). The lowest BCUT2D eigenvalue weighted by Crippen LogP contribution is -2.35. The van der Waals surface area contributed by atoms with Crippen molar-refractivity contribution in [3.05, 3.63) is 89.5 Å². The van der Waals surface area contributed by atoms with Crippen LogP contribution in [0, 0.1) is 0 Å². The van der Waals surface area contributed by atoms with Gasteiger partial charge in [0, 0.05) is 18.8 Å². The lowest BCUT2D eigenvalue weighted by molar-refractivity contribution is -0.115. The minimum absolute atomic E-state index is 0.258. The van der Waals surface area contributed by atoms with Gasteiger partial charge in [0.05, 0.1) is 36.0 Å². The number of anilines is 2. The van der Waals surface area contributed by atoms with E-state index in [9.17, 15) is 18.0 Å². The number of hydrogen-bond donors (Lipinski definition) is 2. The summed E-state index contributed by atoms with van der Waals surface area (Å²) in [5, 5.41) is 5.82. The fourth-order valence-corrected chi connectivity index (χ4v) is 5.14. The number of fused-ring (bicyclic) bond motifs is 1. The number of amides is 1. The molecular weight excluding hydrogens is 492 g/mol. The summed E-state index contributed by atoms with van der Waals surface area (Å²) >= 11 is 0. The van der Waals surface area contributed by atoms with Crippen molar-refractivity contribution in [1.82, 2.24) is 5.32 Å². The molecule has 3 aromatic rings. The Morgan fingerprint density at radius 1 is 1.05 bits per heavy atom. The summed E-state index contributed by atoms with van der Waals surface area (Å²) in [7, 11) is -0.398. The Morgan fingerprint density at radius 2 is 1.76 bits per heavy atom. The molecule has 37 heavy (non-hydrogen) atoms. The SMILES string of the molecule is CNCCN(c1ccc(N=C(c2ccccc2)C2C(=O)Nc3cc(C(=O)OC)ccc32)cc1)S(C)(=O)=O. The second-order valence-electron chi connectivity index (χ2n) is 8.53. The van der Waals surface area contributed by atoms with E-state index in [1.807, 2.05) is 30.3 Å². The fraction of sp³-hybridized carbons (Fsp3) is 0.222. The van der Waals surface area contributed by atoms with Crippen molar-refractivity contribution in [2.24, 2.45) is 4.99 Å².